The molecule has 0 aliphatic carbocycles. The average Bonchev–Trinajstić information content (AvgIpc) is 2.82. The smallest absolute Gasteiger partial charge is 0.230 e. The zero-order chi connectivity index (χ0) is 15.3. The average molecular weight is 329 g/mol. The SMILES string of the molecule is COc1ccccc1CNC(=O)CS[C@@H]1CCS(=O)(=O)C1. The van der Waals surface area contributed by atoms with Crippen LogP contribution in [0.5, 0.6) is 5.75 Å². The number of nitrogens with one attached hydrogen (secondary N) is 1. The van der Waals surface area contributed by atoms with Crippen LogP contribution >= 0.6 is 11.8 Å². The van der Waals surface area contributed by atoms with Crippen molar-refractivity contribution in [1.29, 1.82) is 0 Å². The standard InChI is InChI=1S/C14H19NO4S2/c1-19-13-5-3-2-4-11(13)8-15-14(16)9-20-12-6-7-21(17,18)10-12/h2-5,12H,6-10H2,1H3,(H,15,16)/t12-/m1/s1. The van der Waals surface area contributed by atoms with Gasteiger partial charge in [0.2, 0.25) is 5.91 Å². The van der Waals surface area contributed by atoms with Crippen LogP contribution in [0.4, 0.5) is 0 Å². The van der Waals surface area contributed by atoms with E-state index in [-0.39, 0.29) is 28.4 Å². The Bertz CT molecular complexity index is 601. The fourth-order valence-electron chi connectivity index (χ4n) is 2.18. The molecule has 0 spiro atoms. The molecular weight excluding hydrogens is 310 g/mol. The largest absolute Gasteiger partial charge is 0.496 e. The molecule has 0 bridgehead atoms. The molecule has 1 saturated heterocycles. The van der Waals surface area contributed by atoms with Gasteiger partial charge in [-0.2, -0.15) is 0 Å². The molecule has 1 aromatic carbocycles. The summed E-state index contributed by atoms with van der Waals surface area (Å²) >= 11 is 1.42. The van der Waals surface area contributed by atoms with Crippen molar-refractivity contribution in [3.8, 4) is 5.75 Å². The number of amides is 1. The first kappa shape index (κ1) is 16.2. The van der Waals surface area contributed by atoms with E-state index >= 15 is 0 Å². The van der Waals surface area contributed by atoms with Crippen LogP contribution in [0.15, 0.2) is 24.3 Å². The van der Waals surface area contributed by atoms with E-state index in [1.165, 1.54) is 11.8 Å². The van der Waals surface area contributed by atoms with E-state index in [2.05, 4.69) is 5.32 Å². The molecule has 2 rings (SSSR count). The molecule has 0 unspecified atom stereocenters. The lowest BCUT2D eigenvalue weighted by Crippen LogP contribution is -2.26. The Morgan fingerprint density at radius 1 is 1.43 bits per heavy atom. The lowest BCUT2D eigenvalue weighted by Gasteiger charge is -2.10. The van der Waals surface area contributed by atoms with E-state index in [0.717, 1.165) is 11.3 Å². The molecule has 21 heavy (non-hydrogen) atoms. The van der Waals surface area contributed by atoms with Crippen molar-refractivity contribution in [2.75, 3.05) is 24.4 Å². The van der Waals surface area contributed by atoms with E-state index in [1.807, 2.05) is 24.3 Å². The van der Waals surface area contributed by atoms with Crippen molar-refractivity contribution in [2.24, 2.45) is 0 Å². The zero-order valence-corrected chi connectivity index (χ0v) is 13.5. The van der Waals surface area contributed by atoms with Gasteiger partial charge in [-0.05, 0) is 12.5 Å². The van der Waals surface area contributed by atoms with Gasteiger partial charge in [0, 0.05) is 17.4 Å². The van der Waals surface area contributed by atoms with Crippen LogP contribution in [0.25, 0.3) is 0 Å². The second-order valence-electron chi connectivity index (χ2n) is 4.92. The van der Waals surface area contributed by atoms with Crippen LogP contribution in [0.1, 0.15) is 12.0 Å². The molecule has 0 saturated carbocycles. The fourth-order valence-corrected chi connectivity index (χ4v) is 5.65. The van der Waals surface area contributed by atoms with Crippen LogP contribution < -0.4 is 10.1 Å². The molecule has 1 amide bonds. The predicted molar refractivity (Wildman–Crippen MR) is 84.4 cm³/mol. The second-order valence-corrected chi connectivity index (χ2v) is 8.44. The number of benzene rings is 1. The third-order valence-corrected chi connectivity index (χ3v) is 6.59. The van der Waals surface area contributed by atoms with Gasteiger partial charge in [0.05, 0.1) is 24.4 Å². The van der Waals surface area contributed by atoms with Crippen LogP contribution in [0.3, 0.4) is 0 Å². The summed E-state index contributed by atoms with van der Waals surface area (Å²) in [5.41, 5.74) is 0.918. The molecule has 7 heteroatoms. The molecular formula is C14H19NO4S2. The van der Waals surface area contributed by atoms with E-state index in [0.29, 0.717) is 13.0 Å². The predicted octanol–water partition coefficient (Wildman–Crippen LogP) is 1.23. The van der Waals surface area contributed by atoms with E-state index in [9.17, 15) is 13.2 Å². The minimum Gasteiger partial charge on any atom is -0.496 e. The van der Waals surface area contributed by atoms with E-state index in [1.54, 1.807) is 7.11 Å². The van der Waals surface area contributed by atoms with Gasteiger partial charge in [-0.25, -0.2) is 8.42 Å². The molecule has 116 valence electrons. The molecule has 1 aliphatic heterocycles. The summed E-state index contributed by atoms with van der Waals surface area (Å²) < 4.78 is 27.9. The Morgan fingerprint density at radius 3 is 2.86 bits per heavy atom. The van der Waals surface area contributed by atoms with Gasteiger partial charge in [0.25, 0.3) is 0 Å². The number of para-hydroxylation sites is 1. The van der Waals surface area contributed by atoms with E-state index in [4.69, 9.17) is 4.74 Å². The summed E-state index contributed by atoms with van der Waals surface area (Å²) in [5.74, 6) is 1.38. The summed E-state index contributed by atoms with van der Waals surface area (Å²) in [5, 5.41) is 2.88. The van der Waals surface area contributed by atoms with Gasteiger partial charge in [-0.3, -0.25) is 4.79 Å². The number of sulfone groups is 1. The Labute approximate surface area is 129 Å². The van der Waals surface area contributed by atoms with Gasteiger partial charge < -0.3 is 10.1 Å². The highest BCUT2D eigenvalue weighted by Crippen LogP contribution is 2.24. The number of rotatable bonds is 6. The molecule has 1 atom stereocenters. The third-order valence-electron chi connectivity index (χ3n) is 3.31. The highest BCUT2D eigenvalue weighted by Gasteiger charge is 2.28. The topological polar surface area (TPSA) is 72.5 Å². The number of hydrogen-bond donors (Lipinski definition) is 1. The Kier molecular flexibility index (Phi) is 5.52. The maximum Gasteiger partial charge on any atom is 0.230 e. The van der Waals surface area contributed by atoms with Gasteiger partial charge in [-0.15, -0.1) is 11.8 Å². The van der Waals surface area contributed by atoms with Gasteiger partial charge >= 0.3 is 0 Å². The summed E-state index contributed by atoms with van der Waals surface area (Å²) in [4.78, 5) is 11.8. The number of methoxy groups -OCH3 is 1. The first-order chi connectivity index (χ1) is 10.00. The summed E-state index contributed by atoms with van der Waals surface area (Å²) in [6.07, 6.45) is 0.646. The first-order valence-electron chi connectivity index (χ1n) is 6.71. The first-order valence-corrected chi connectivity index (χ1v) is 9.58. The maximum absolute atomic E-state index is 11.8. The highest BCUT2D eigenvalue weighted by molar-refractivity contribution is 8.02. The van der Waals surface area contributed by atoms with Crippen molar-refractivity contribution in [3.05, 3.63) is 29.8 Å². The highest BCUT2D eigenvalue weighted by atomic mass is 32.2. The number of hydrogen-bond acceptors (Lipinski definition) is 5. The van der Waals surface area contributed by atoms with Gasteiger partial charge in [0.15, 0.2) is 9.84 Å². The van der Waals surface area contributed by atoms with Crippen LogP contribution in [0, 0.1) is 0 Å². The normalized spacial score (nSPS) is 20.1. The molecule has 1 N–H and O–H groups in total. The van der Waals surface area contributed by atoms with Gasteiger partial charge in [-0.1, -0.05) is 18.2 Å². The Balaban J connectivity index is 1.75. The molecule has 0 aromatic heterocycles. The molecule has 1 aliphatic rings. The molecule has 5 nitrogen and oxygen atoms in total. The Hall–Kier alpha value is -1.21. The van der Waals surface area contributed by atoms with Crippen molar-refractivity contribution < 1.29 is 17.9 Å². The number of carbonyl (C=O) groups excluding carboxylic acids is 1. The minimum atomic E-state index is -2.88. The summed E-state index contributed by atoms with van der Waals surface area (Å²) in [7, 11) is -1.28. The van der Waals surface area contributed by atoms with Gasteiger partial charge in [0.1, 0.15) is 5.75 Å². The lowest BCUT2D eigenvalue weighted by molar-refractivity contribution is -0.118. The van der Waals surface area contributed by atoms with Crippen molar-refractivity contribution in [2.45, 2.75) is 18.2 Å². The number of ether oxygens (including phenoxy) is 1. The fraction of sp³-hybridized carbons (Fsp3) is 0.500. The minimum absolute atomic E-state index is 0.0482. The summed E-state index contributed by atoms with van der Waals surface area (Å²) in [6.45, 7) is 0.409. The quantitative estimate of drug-likeness (QED) is 0.850. The number of thioether (sulfide) groups is 1. The van der Waals surface area contributed by atoms with Crippen molar-refractivity contribution in [3.63, 3.8) is 0 Å². The molecule has 0 radical (unpaired) electrons. The number of carbonyl (C=O) groups is 1. The van der Waals surface area contributed by atoms with Crippen LogP contribution in [-0.2, 0) is 21.2 Å². The lowest BCUT2D eigenvalue weighted by atomic mass is 10.2. The van der Waals surface area contributed by atoms with Crippen molar-refractivity contribution >= 4 is 27.5 Å². The molecule has 1 aromatic rings. The van der Waals surface area contributed by atoms with Crippen LogP contribution in [0.2, 0.25) is 0 Å². The zero-order valence-electron chi connectivity index (χ0n) is 11.9. The monoisotopic (exact) mass is 329 g/mol. The van der Waals surface area contributed by atoms with Crippen molar-refractivity contribution in [1.82, 2.24) is 5.32 Å². The summed E-state index contributed by atoms with van der Waals surface area (Å²) in [6, 6.07) is 7.51. The van der Waals surface area contributed by atoms with Crippen LogP contribution in [-0.4, -0.2) is 43.9 Å². The molecule has 1 heterocycles. The second kappa shape index (κ2) is 7.17. The van der Waals surface area contributed by atoms with E-state index < -0.39 is 9.84 Å². The third kappa shape index (κ3) is 4.93. The maximum atomic E-state index is 11.8. The molecule has 1 fully saturated rings. The Morgan fingerprint density at radius 2 is 2.19 bits per heavy atom.